The Morgan fingerprint density at radius 1 is 1.30 bits per heavy atom. The molecule has 2 aliphatic rings. The van der Waals surface area contributed by atoms with Gasteiger partial charge >= 0.3 is 0 Å². The number of aryl methyl sites for hydroxylation is 1. The number of pyridine rings is 1. The van der Waals surface area contributed by atoms with Crippen LogP contribution >= 0.6 is 0 Å². The van der Waals surface area contributed by atoms with Crippen LogP contribution in [-0.4, -0.2) is 59.0 Å². The Bertz CT molecular complexity index is 789. The van der Waals surface area contributed by atoms with Crippen molar-refractivity contribution in [3.8, 4) is 0 Å². The van der Waals surface area contributed by atoms with Gasteiger partial charge in [0.05, 0.1) is 5.69 Å². The maximum Gasteiger partial charge on any atom is 0.191 e. The molecule has 27 heavy (non-hydrogen) atoms. The fourth-order valence-electron chi connectivity index (χ4n) is 4.53. The molecular weight excluding hydrogens is 336 g/mol. The van der Waals surface area contributed by atoms with Crippen molar-refractivity contribution in [3.05, 3.63) is 35.8 Å². The summed E-state index contributed by atoms with van der Waals surface area (Å²) in [5.41, 5.74) is 3.37. The van der Waals surface area contributed by atoms with Crippen LogP contribution in [0.4, 0.5) is 0 Å². The molecule has 1 atom stereocenters. The van der Waals surface area contributed by atoms with Crippen molar-refractivity contribution in [2.24, 2.45) is 4.99 Å². The van der Waals surface area contributed by atoms with Gasteiger partial charge in [-0.2, -0.15) is 0 Å². The number of hydrogen-bond donors (Lipinski definition) is 2. The summed E-state index contributed by atoms with van der Waals surface area (Å²) in [7, 11) is 1.85. The number of nitrogens with zero attached hydrogens (tertiary/aromatic N) is 4. The number of fused-ring (bicyclic) bond motifs is 1. The fraction of sp³-hybridized carbons (Fsp3) is 0.619. The van der Waals surface area contributed by atoms with Crippen molar-refractivity contribution in [3.63, 3.8) is 0 Å². The number of likely N-dealkylation sites (tertiary alicyclic amines) is 1. The van der Waals surface area contributed by atoms with E-state index in [0.717, 1.165) is 42.9 Å². The van der Waals surface area contributed by atoms with Gasteiger partial charge in [-0.25, -0.2) is 4.98 Å². The van der Waals surface area contributed by atoms with Gasteiger partial charge in [0, 0.05) is 57.6 Å². The van der Waals surface area contributed by atoms with Gasteiger partial charge in [-0.3, -0.25) is 9.89 Å². The van der Waals surface area contributed by atoms with Crippen LogP contribution in [0.1, 0.15) is 43.4 Å². The smallest absolute Gasteiger partial charge is 0.191 e. The van der Waals surface area contributed by atoms with Gasteiger partial charge in [0.1, 0.15) is 5.65 Å². The molecule has 6 heteroatoms. The maximum atomic E-state index is 4.75. The predicted octanol–water partition coefficient (Wildman–Crippen LogP) is 2.37. The van der Waals surface area contributed by atoms with E-state index in [9.17, 15) is 0 Å². The molecule has 2 aromatic rings. The Balaban J connectivity index is 1.25. The van der Waals surface area contributed by atoms with Crippen molar-refractivity contribution in [1.29, 1.82) is 0 Å². The number of aliphatic imine (C=N–C) groups is 1. The molecule has 1 saturated carbocycles. The molecule has 0 bridgehead atoms. The maximum absolute atomic E-state index is 4.75. The Hall–Kier alpha value is -2.08. The van der Waals surface area contributed by atoms with Gasteiger partial charge in [-0.05, 0) is 37.8 Å². The zero-order valence-electron chi connectivity index (χ0n) is 16.6. The summed E-state index contributed by atoms with van der Waals surface area (Å²) in [6.07, 6.45) is 11.9. The fourth-order valence-corrected chi connectivity index (χ4v) is 4.53. The number of imidazole rings is 1. The van der Waals surface area contributed by atoms with Crippen LogP contribution in [0, 0.1) is 6.92 Å². The molecule has 3 heterocycles. The third-order valence-corrected chi connectivity index (χ3v) is 6.03. The van der Waals surface area contributed by atoms with Gasteiger partial charge < -0.3 is 15.0 Å². The van der Waals surface area contributed by atoms with E-state index in [1.54, 1.807) is 0 Å². The van der Waals surface area contributed by atoms with E-state index in [4.69, 9.17) is 4.98 Å². The minimum Gasteiger partial charge on any atom is -0.356 e. The third-order valence-electron chi connectivity index (χ3n) is 6.03. The van der Waals surface area contributed by atoms with E-state index in [-0.39, 0.29) is 0 Å². The van der Waals surface area contributed by atoms with Gasteiger partial charge in [-0.15, -0.1) is 0 Å². The second kappa shape index (κ2) is 8.30. The Labute approximate surface area is 162 Å². The zero-order chi connectivity index (χ0) is 18.6. The molecule has 2 N–H and O–H groups in total. The van der Waals surface area contributed by atoms with Crippen molar-refractivity contribution < 1.29 is 0 Å². The molecule has 1 aliphatic carbocycles. The van der Waals surface area contributed by atoms with Gasteiger partial charge in [0.2, 0.25) is 0 Å². The Kier molecular flexibility index (Phi) is 5.62. The van der Waals surface area contributed by atoms with Crippen LogP contribution in [-0.2, 0) is 6.42 Å². The van der Waals surface area contributed by atoms with E-state index in [1.165, 1.54) is 44.2 Å². The zero-order valence-corrected chi connectivity index (χ0v) is 16.6. The lowest BCUT2D eigenvalue weighted by Crippen LogP contribution is -2.45. The number of hydrogen-bond acceptors (Lipinski definition) is 3. The number of aromatic nitrogens is 2. The number of nitrogens with one attached hydrogen (secondary N) is 2. The third kappa shape index (κ3) is 4.26. The first-order chi connectivity index (χ1) is 13.2. The lowest BCUT2D eigenvalue weighted by atomic mass is 10.2. The summed E-state index contributed by atoms with van der Waals surface area (Å²) in [5, 5.41) is 7.07. The molecule has 4 rings (SSSR count). The van der Waals surface area contributed by atoms with E-state index >= 15 is 0 Å². The van der Waals surface area contributed by atoms with Crippen LogP contribution in [0.5, 0.6) is 0 Å². The molecule has 0 amide bonds. The first-order valence-corrected chi connectivity index (χ1v) is 10.4. The molecule has 6 nitrogen and oxygen atoms in total. The molecule has 1 aliphatic heterocycles. The normalized spacial score (nSPS) is 22.0. The van der Waals surface area contributed by atoms with E-state index in [1.807, 2.05) is 7.05 Å². The summed E-state index contributed by atoms with van der Waals surface area (Å²) < 4.78 is 2.11. The number of guanidine groups is 1. The Morgan fingerprint density at radius 3 is 2.93 bits per heavy atom. The highest BCUT2D eigenvalue weighted by Crippen LogP contribution is 2.26. The molecule has 2 fully saturated rings. The van der Waals surface area contributed by atoms with Crippen molar-refractivity contribution in [2.75, 3.05) is 26.7 Å². The molecule has 0 aromatic carbocycles. The SMILES string of the molecule is CN=C(NCCc1cn2cccc(C)c2n1)NC1CCN(C2CCCC2)C1. The van der Waals surface area contributed by atoms with Crippen LogP contribution in [0.25, 0.3) is 5.65 Å². The van der Waals surface area contributed by atoms with Gasteiger partial charge in [0.15, 0.2) is 5.96 Å². The van der Waals surface area contributed by atoms with Crippen LogP contribution < -0.4 is 10.6 Å². The first-order valence-electron chi connectivity index (χ1n) is 10.4. The summed E-state index contributed by atoms with van der Waals surface area (Å²) in [5.74, 6) is 0.910. The summed E-state index contributed by atoms with van der Waals surface area (Å²) >= 11 is 0. The second-order valence-electron chi connectivity index (χ2n) is 7.97. The highest BCUT2D eigenvalue weighted by Gasteiger charge is 2.30. The van der Waals surface area contributed by atoms with Crippen molar-refractivity contribution >= 4 is 11.6 Å². The summed E-state index contributed by atoms with van der Waals surface area (Å²) in [6, 6.07) is 5.50. The molecule has 146 valence electrons. The van der Waals surface area contributed by atoms with E-state index in [2.05, 4.69) is 56.4 Å². The molecule has 1 unspecified atom stereocenters. The van der Waals surface area contributed by atoms with Gasteiger partial charge in [-0.1, -0.05) is 18.9 Å². The Morgan fingerprint density at radius 2 is 2.15 bits per heavy atom. The van der Waals surface area contributed by atoms with Crippen LogP contribution in [0.3, 0.4) is 0 Å². The van der Waals surface area contributed by atoms with Crippen LogP contribution in [0.15, 0.2) is 29.5 Å². The average molecular weight is 369 g/mol. The van der Waals surface area contributed by atoms with Crippen LogP contribution in [0.2, 0.25) is 0 Å². The molecular formula is C21H32N6. The quantitative estimate of drug-likeness (QED) is 0.628. The summed E-state index contributed by atoms with van der Waals surface area (Å²) in [6.45, 7) is 5.31. The largest absolute Gasteiger partial charge is 0.356 e. The van der Waals surface area contributed by atoms with Crippen molar-refractivity contribution in [1.82, 2.24) is 24.9 Å². The summed E-state index contributed by atoms with van der Waals surface area (Å²) in [4.78, 5) is 11.8. The molecule has 2 aromatic heterocycles. The first kappa shape index (κ1) is 18.3. The van der Waals surface area contributed by atoms with Crippen molar-refractivity contribution in [2.45, 2.75) is 57.5 Å². The topological polar surface area (TPSA) is 57.0 Å². The van der Waals surface area contributed by atoms with Gasteiger partial charge in [0.25, 0.3) is 0 Å². The minimum atomic E-state index is 0.509. The van der Waals surface area contributed by atoms with E-state index < -0.39 is 0 Å². The minimum absolute atomic E-state index is 0.509. The highest BCUT2D eigenvalue weighted by atomic mass is 15.3. The average Bonchev–Trinajstić information content (AvgIpc) is 3.41. The predicted molar refractivity (Wildman–Crippen MR) is 110 cm³/mol. The standard InChI is InChI=1S/C21H32N6/c1-16-6-5-12-27-15-17(24-20(16)27)9-11-23-21(22-2)25-18-10-13-26(14-18)19-7-3-4-8-19/h5-6,12,15,18-19H,3-4,7-11,13-14H2,1-2H3,(H2,22,23,25). The second-order valence-corrected chi connectivity index (χ2v) is 7.97. The highest BCUT2D eigenvalue weighted by molar-refractivity contribution is 5.80. The monoisotopic (exact) mass is 368 g/mol. The lowest BCUT2D eigenvalue weighted by Gasteiger charge is -2.24. The molecule has 1 saturated heterocycles. The molecule has 0 radical (unpaired) electrons. The van der Waals surface area contributed by atoms with E-state index in [0.29, 0.717) is 6.04 Å². The molecule has 0 spiro atoms. The lowest BCUT2D eigenvalue weighted by molar-refractivity contribution is 0.242. The number of rotatable bonds is 5.